The van der Waals surface area contributed by atoms with Crippen molar-refractivity contribution in [2.75, 3.05) is 24.5 Å². The minimum atomic E-state index is -0.248. The molecule has 0 saturated carbocycles. The summed E-state index contributed by atoms with van der Waals surface area (Å²) in [6.45, 7) is 10.2. The molecule has 1 amide bonds. The van der Waals surface area contributed by atoms with E-state index in [1.807, 2.05) is 6.08 Å². The molecule has 3 heterocycles. The number of hydrogen-bond donors (Lipinski definition) is 0. The van der Waals surface area contributed by atoms with E-state index in [1.54, 1.807) is 17.6 Å². The smallest absolute Gasteiger partial charge is 0.270 e. The molecule has 30 heavy (non-hydrogen) atoms. The first-order valence-electron chi connectivity index (χ1n) is 10.2. The molecule has 1 aromatic heterocycles. The summed E-state index contributed by atoms with van der Waals surface area (Å²) in [6, 6.07) is 2.09. The number of carbonyl (C=O) groups is 1. The Hall–Kier alpha value is -2.37. The van der Waals surface area contributed by atoms with Gasteiger partial charge in [0.2, 0.25) is 0 Å². The minimum Gasteiger partial charge on any atom is -0.357 e. The second-order valence-electron chi connectivity index (χ2n) is 7.43. The lowest BCUT2D eigenvalue weighted by Gasteiger charge is -2.27. The average Bonchev–Trinajstić information content (AvgIpc) is 3.34. The Morgan fingerprint density at radius 2 is 2.00 bits per heavy atom. The van der Waals surface area contributed by atoms with Crippen molar-refractivity contribution in [2.45, 2.75) is 46.1 Å². The standard InChI is InChI=1S/C22H26N4O2S2/c1-4-6-12-25-19(24-10-7-8-11-24)16(15(3)17(14-23)20(25)27)13-18-21(28)26(9-5-2)22(29)30-18/h5,13H,2,4,6-12H2,1,3H3/b18-13-. The summed E-state index contributed by atoms with van der Waals surface area (Å²) in [6.07, 6.45) is 7.36. The van der Waals surface area contributed by atoms with Crippen LogP contribution < -0.4 is 10.5 Å². The third-order valence-electron chi connectivity index (χ3n) is 5.45. The quantitative estimate of drug-likeness (QED) is 0.363. The number of nitriles is 1. The van der Waals surface area contributed by atoms with Gasteiger partial charge in [0.15, 0.2) is 0 Å². The van der Waals surface area contributed by atoms with Gasteiger partial charge in [-0.2, -0.15) is 5.26 Å². The Labute approximate surface area is 186 Å². The summed E-state index contributed by atoms with van der Waals surface area (Å²) in [5.74, 6) is 0.651. The molecule has 2 saturated heterocycles. The largest absolute Gasteiger partial charge is 0.357 e. The number of unbranched alkanes of at least 4 members (excludes halogenated alkanes) is 1. The van der Waals surface area contributed by atoms with Crippen molar-refractivity contribution in [3.63, 3.8) is 0 Å². The SMILES string of the molecule is C=CCN1C(=O)/C(=C/c2c(C)c(C#N)c(=O)n(CCCC)c2N2CCCC2)SC1=S. The molecular formula is C22H26N4O2S2. The van der Waals surface area contributed by atoms with E-state index in [1.165, 1.54) is 16.7 Å². The number of thioether (sulfide) groups is 1. The van der Waals surface area contributed by atoms with Crippen LogP contribution in [0.4, 0.5) is 5.82 Å². The number of thiocarbonyl (C=S) groups is 1. The average molecular weight is 443 g/mol. The molecule has 0 bridgehead atoms. The van der Waals surface area contributed by atoms with Gasteiger partial charge < -0.3 is 4.90 Å². The van der Waals surface area contributed by atoms with Crippen molar-refractivity contribution in [1.82, 2.24) is 9.47 Å². The van der Waals surface area contributed by atoms with E-state index in [0.717, 1.165) is 50.2 Å². The summed E-state index contributed by atoms with van der Waals surface area (Å²) in [5, 5.41) is 9.69. The molecule has 0 aromatic carbocycles. The van der Waals surface area contributed by atoms with Crippen LogP contribution in [0.1, 0.15) is 49.3 Å². The maximum Gasteiger partial charge on any atom is 0.270 e. The fraction of sp³-hybridized carbons (Fsp3) is 0.455. The van der Waals surface area contributed by atoms with E-state index in [0.29, 0.717) is 27.9 Å². The number of pyridine rings is 1. The lowest BCUT2D eigenvalue weighted by Crippen LogP contribution is -2.33. The van der Waals surface area contributed by atoms with Crippen LogP contribution in [0.25, 0.3) is 6.08 Å². The van der Waals surface area contributed by atoms with E-state index in [2.05, 4.69) is 24.5 Å². The van der Waals surface area contributed by atoms with Crippen LogP contribution >= 0.6 is 24.0 Å². The fourth-order valence-electron chi connectivity index (χ4n) is 3.86. The van der Waals surface area contributed by atoms with Crippen molar-refractivity contribution < 1.29 is 4.79 Å². The van der Waals surface area contributed by atoms with Crippen LogP contribution in [-0.4, -0.2) is 39.3 Å². The van der Waals surface area contributed by atoms with Crippen LogP contribution in [0, 0.1) is 18.3 Å². The zero-order valence-corrected chi connectivity index (χ0v) is 19.1. The molecule has 0 spiro atoms. The number of nitrogens with zero attached hydrogens (tertiary/aromatic N) is 4. The molecule has 1 aromatic rings. The van der Waals surface area contributed by atoms with Crippen molar-refractivity contribution in [2.24, 2.45) is 0 Å². The monoisotopic (exact) mass is 442 g/mol. The Morgan fingerprint density at radius 3 is 2.60 bits per heavy atom. The maximum absolute atomic E-state index is 13.1. The molecule has 2 aliphatic heterocycles. The van der Waals surface area contributed by atoms with Gasteiger partial charge in [0, 0.05) is 31.7 Å². The lowest BCUT2D eigenvalue weighted by atomic mass is 10.0. The number of aromatic nitrogens is 1. The van der Waals surface area contributed by atoms with Crippen LogP contribution in [-0.2, 0) is 11.3 Å². The fourth-order valence-corrected chi connectivity index (χ4v) is 5.11. The molecule has 2 fully saturated rings. The first-order chi connectivity index (χ1) is 14.4. The molecule has 0 atom stereocenters. The van der Waals surface area contributed by atoms with Gasteiger partial charge in [0.05, 0.1) is 4.91 Å². The van der Waals surface area contributed by atoms with Crippen LogP contribution in [0.3, 0.4) is 0 Å². The maximum atomic E-state index is 13.1. The Bertz CT molecular complexity index is 1010. The summed E-state index contributed by atoms with van der Waals surface area (Å²) in [4.78, 5) is 30.2. The zero-order chi connectivity index (χ0) is 21.8. The summed E-state index contributed by atoms with van der Waals surface area (Å²) in [7, 11) is 0. The van der Waals surface area contributed by atoms with Gasteiger partial charge in [0.25, 0.3) is 11.5 Å². The highest BCUT2D eigenvalue weighted by molar-refractivity contribution is 8.26. The molecule has 2 aliphatic rings. The van der Waals surface area contributed by atoms with Gasteiger partial charge >= 0.3 is 0 Å². The van der Waals surface area contributed by atoms with Crippen molar-refractivity contribution in [1.29, 1.82) is 5.26 Å². The molecular weight excluding hydrogens is 416 g/mol. The number of amides is 1. The highest BCUT2D eigenvalue weighted by Gasteiger charge is 2.32. The van der Waals surface area contributed by atoms with Crippen molar-refractivity contribution >= 4 is 46.1 Å². The molecule has 0 aliphatic carbocycles. The van der Waals surface area contributed by atoms with E-state index < -0.39 is 0 Å². The highest BCUT2D eigenvalue weighted by Crippen LogP contribution is 2.36. The van der Waals surface area contributed by atoms with Gasteiger partial charge in [-0.25, -0.2) is 0 Å². The second kappa shape index (κ2) is 9.63. The van der Waals surface area contributed by atoms with Gasteiger partial charge in [-0.05, 0) is 37.8 Å². The summed E-state index contributed by atoms with van der Waals surface area (Å²) in [5.41, 5.74) is 1.28. The van der Waals surface area contributed by atoms with E-state index in [4.69, 9.17) is 12.2 Å². The van der Waals surface area contributed by atoms with Gasteiger partial charge in [-0.3, -0.25) is 19.1 Å². The number of hydrogen-bond acceptors (Lipinski definition) is 6. The minimum absolute atomic E-state index is 0.141. The van der Waals surface area contributed by atoms with Gasteiger partial charge in [0.1, 0.15) is 21.8 Å². The van der Waals surface area contributed by atoms with Crippen molar-refractivity contribution in [3.8, 4) is 6.07 Å². The highest BCUT2D eigenvalue weighted by atomic mass is 32.2. The zero-order valence-electron chi connectivity index (χ0n) is 17.4. The predicted molar refractivity (Wildman–Crippen MR) is 127 cm³/mol. The Kier molecular flexibility index (Phi) is 7.16. The third-order valence-corrected chi connectivity index (χ3v) is 6.83. The van der Waals surface area contributed by atoms with Crippen molar-refractivity contribution in [3.05, 3.63) is 44.6 Å². The van der Waals surface area contributed by atoms with Crippen LogP contribution in [0.15, 0.2) is 22.4 Å². The Morgan fingerprint density at radius 1 is 1.30 bits per heavy atom. The number of anilines is 1. The number of rotatable bonds is 7. The molecule has 0 radical (unpaired) electrons. The second-order valence-corrected chi connectivity index (χ2v) is 9.11. The molecule has 8 heteroatoms. The van der Waals surface area contributed by atoms with Crippen LogP contribution in [0.5, 0.6) is 0 Å². The van der Waals surface area contributed by atoms with E-state index in [9.17, 15) is 14.9 Å². The molecule has 0 unspecified atom stereocenters. The van der Waals surface area contributed by atoms with Gasteiger partial charge in [-0.15, -0.1) is 6.58 Å². The first-order valence-corrected chi connectivity index (χ1v) is 11.5. The van der Waals surface area contributed by atoms with Crippen LogP contribution in [0.2, 0.25) is 0 Å². The molecule has 3 rings (SSSR count). The first kappa shape index (κ1) is 22.3. The topological polar surface area (TPSA) is 69.3 Å². The Balaban J connectivity index is 2.23. The lowest BCUT2D eigenvalue weighted by molar-refractivity contribution is -0.121. The molecule has 158 valence electrons. The summed E-state index contributed by atoms with van der Waals surface area (Å²) < 4.78 is 2.22. The summed E-state index contributed by atoms with van der Waals surface area (Å²) >= 11 is 6.61. The molecule has 6 nitrogen and oxygen atoms in total. The van der Waals surface area contributed by atoms with E-state index in [-0.39, 0.29) is 17.0 Å². The third kappa shape index (κ3) is 4.09. The van der Waals surface area contributed by atoms with E-state index >= 15 is 0 Å². The predicted octanol–water partition coefficient (Wildman–Crippen LogP) is 3.82. The van der Waals surface area contributed by atoms with Gasteiger partial charge in [-0.1, -0.05) is 43.4 Å². The number of carbonyl (C=O) groups excluding carboxylic acids is 1. The molecule has 0 N–H and O–H groups in total. The normalized spacial score (nSPS) is 17.8.